The van der Waals surface area contributed by atoms with E-state index < -0.39 is 0 Å². The zero-order chi connectivity index (χ0) is 24.8. The molecule has 2 aromatic heterocycles. The lowest BCUT2D eigenvalue weighted by molar-refractivity contribution is -0.598. The summed E-state index contributed by atoms with van der Waals surface area (Å²) in [6, 6.07) is 21.6. The van der Waals surface area contributed by atoms with Crippen molar-refractivity contribution >= 4 is 50.8 Å². The number of aromatic nitrogens is 1. The lowest BCUT2D eigenvalue weighted by Crippen LogP contribution is -3.00. The molecule has 0 fully saturated rings. The fourth-order valence-electron chi connectivity index (χ4n) is 3.60. The molecule has 0 aliphatic heterocycles. The molecule has 186 valence electrons. The second-order valence-corrected chi connectivity index (χ2v) is 11.1. The first kappa shape index (κ1) is 28.3. The van der Waals surface area contributed by atoms with Gasteiger partial charge in [0.05, 0.1) is 23.5 Å². The van der Waals surface area contributed by atoms with Gasteiger partial charge in [0.15, 0.2) is 12.4 Å². The van der Waals surface area contributed by atoms with Gasteiger partial charge in [0.2, 0.25) is 11.5 Å². The molecule has 0 amide bonds. The number of thioether (sulfide) groups is 1. The Morgan fingerprint density at radius 3 is 2.31 bits per heavy atom. The summed E-state index contributed by atoms with van der Waals surface area (Å²) in [5.41, 5.74) is 4.47. The predicted molar refractivity (Wildman–Crippen MR) is 145 cm³/mol. The highest BCUT2D eigenvalue weighted by molar-refractivity contribution is 9.10. The van der Waals surface area contributed by atoms with Crippen molar-refractivity contribution in [3.63, 3.8) is 0 Å². The minimum absolute atomic E-state index is 0. The van der Waals surface area contributed by atoms with E-state index in [2.05, 4.69) is 28.1 Å². The molecule has 0 bridgehead atoms. The molecule has 0 atom stereocenters. The summed E-state index contributed by atoms with van der Waals surface area (Å²) in [5.74, 6) is 0.317. The smallest absolute Gasteiger partial charge is 0.310 e. The monoisotopic (exact) mass is 645 g/mol. The third kappa shape index (κ3) is 6.94. The van der Waals surface area contributed by atoms with E-state index in [9.17, 15) is 9.59 Å². The maximum absolute atomic E-state index is 13.7. The van der Waals surface area contributed by atoms with Gasteiger partial charge in [-0.15, -0.1) is 23.1 Å². The van der Waals surface area contributed by atoms with Gasteiger partial charge < -0.3 is 21.7 Å². The Balaban J connectivity index is 0.00000361. The van der Waals surface area contributed by atoms with E-state index in [4.69, 9.17) is 4.74 Å². The molecule has 0 aliphatic rings. The SMILES string of the molecule is CCOC(=O)Cc1c(C(=O)c2ccc(Br)cc2)sc(SCc2ccccc2)c1-[n+]1ccc(C)cc1.[Br-]. The quantitative estimate of drug-likeness (QED) is 0.120. The summed E-state index contributed by atoms with van der Waals surface area (Å²) in [5, 5.41) is 0. The van der Waals surface area contributed by atoms with Gasteiger partial charge >= 0.3 is 5.97 Å². The molecule has 0 aliphatic carbocycles. The summed E-state index contributed by atoms with van der Waals surface area (Å²) in [6.07, 6.45) is 3.99. The van der Waals surface area contributed by atoms with Crippen LogP contribution in [0, 0.1) is 6.92 Å². The molecule has 4 aromatic rings. The molecule has 2 aromatic carbocycles. The van der Waals surface area contributed by atoms with Gasteiger partial charge in [0.1, 0.15) is 4.21 Å². The van der Waals surface area contributed by atoms with Crippen molar-refractivity contribution in [1.82, 2.24) is 0 Å². The largest absolute Gasteiger partial charge is 1.00 e. The standard InChI is InChI=1S/C28H25BrNO3S2.BrH/c1-3-33-24(31)17-23-25(30-15-13-19(2)14-16-30)28(34-18-20-7-5-4-6-8-20)35-27(23)26(32)21-9-11-22(29)12-10-21;/h4-16H,3,17-18H2,1-2H3;1H/q+1;/p-1. The highest BCUT2D eigenvalue weighted by Crippen LogP contribution is 2.39. The number of ketones is 1. The van der Waals surface area contributed by atoms with Crippen LogP contribution in [0.4, 0.5) is 0 Å². The molecule has 36 heavy (non-hydrogen) atoms. The number of aryl methyl sites for hydroxylation is 1. The summed E-state index contributed by atoms with van der Waals surface area (Å²) < 4.78 is 9.18. The number of thiophene rings is 1. The van der Waals surface area contributed by atoms with Crippen molar-refractivity contribution in [2.75, 3.05) is 6.61 Å². The fourth-order valence-corrected chi connectivity index (χ4v) is 6.40. The third-order valence-corrected chi connectivity index (χ3v) is 8.43. The van der Waals surface area contributed by atoms with Crippen molar-refractivity contribution in [2.24, 2.45) is 0 Å². The maximum atomic E-state index is 13.7. The Morgan fingerprint density at radius 1 is 1.00 bits per heavy atom. The number of carbonyl (C=O) groups is 2. The van der Waals surface area contributed by atoms with Crippen LogP contribution in [0.1, 0.15) is 38.8 Å². The van der Waals surface area contributed by atoms with Crippen molar-refractivity contribution in [3.05, 3.63) is 111 Å². The van der Waals surface area contributed by atoms with Crippen LogP contribution < -0.4 is 21.5 Å². The Labute approximate surface area is 238 Å². The van der Waals surface area contributed by atoms with Gasteiger partial charge in [-0.1, -0.05) is 46.3 Å². The lowest BCUT2D eigenvalue weighted by atomic mass is 10.0. The summed E-state index contributed by atoms with van der Waals surface area (Å²) >= 11 is 6.55. The Hall–Kier alpha value is -2.26. The first-order valence-corrected chi connectivity index (χ1v) is 13.8. The highest BCUT2D eigenvalue weighted by atomic mass is 79.9. The summed E-state index contributed by atoms with van der Waals surface area (Å²) in [6.45, 7) is 4.11. The molecule has 0 saturated heterocycles. The zero-order valence-electron chi connectivity index (χ0n) is 19.9. The fraction of sp³-hybridized carbons (Fsp3) is 0.179. The number of ether oxygens (including phenoxy) is 1. The van der Waals surface area contributed by atoms with Gasteiger partial charge in [0, 0.05) is 27.9 Å². The molecule has 0 spiro atoms. The second kappa shape index (κ2) is 13.3. The van der Waals surface area contributed by atoms with E-state index in [1.807, 2.05) is 66.3 Å². The molecule has 4 nitrogen and oxygen atoms in total. The first-order valence-electron chi connectivity index (χ1n) is 11.2. The highest BCUT2D eigenvalue weighted by Gasteiger charge is 2.31. The van der Waals surface area contributed by atoms with Crippen molar-refractivity contribution < 1.29 is 35.9 Å². The number of hydrogen-bond acceptors (Lipinski definition) is 5. The Morgan fingerprint density at radius 2 is 1.67 bits per heavy atom. The van der Waals surface area contributed by atoms with Crippen molar-refractivity contribution in [1.29, 1.82) is 0 Å². The maximum Gasteiger partial charge on any atom is 0.310 e. The number of pyridine rings is 1. The number of hydrogen-bond donors (Lipinski definition) is 0. The third-order valence-electron chi connectivity index (χ3n) is 5.35. The van der Waals surface area contributed by atoms with E-state index in [0.717, 1.165) is 25.7 Å². The van der Waals surface area contributed by atoms with E-state index >= 15 is 0 Å². The zero-order valence-corrected chi connectivity index (χ0v) is 24.7. The molecule has 4 rings (SSSR count). The lowest BCUT2D eigenvalue weighted by Gasteiger charge is -2.06. The van der Waals surface area contributed by atoms with Crippen LogP contribution >= 0.6 is 39.0 Å². The van der Waals surface area contributed by atoms with E-state index in [-0.39, 0.29) is 35.2 Å². The average molecular weight is 647 g/mol. The van der Waals surface area contributed by atoms with Crippen LogP contribution in [0.3, 0.4) is 0 Å². The molecular weight excluding hydrogens is 622 g/mol. The molecule has 0 N–H and O–H groups in total. The van der Waals surface area contributed by atoms with Crippen molar-refractivity contribution in [2.45, 2.75) is 30.2 Å². The Kier molecular flexibility index (Phi) is 10.5. The number of rotatable bonds is 9. The minimum Gasteiger partial charge on any atom is -1.00 e. The van der Waals surface area contributed by atoms with E-state index in [1.165, 1.54) is 16.9 Å². The average Bonchev–Trinajstić information content (AvgIpc) is 3.22. The van der Waals surface area contributed by atoms with Gasteiger partial charge in [-0.05, 0) is 49.2 Å². The number of nitrogens with zero attached hydrogens (tertiary/aromatic N) is 1. The number of halogens is 2. The predicted octanol–water partition coefficient (Wildman–Crippen LogP) is 3.73. The van der Waals surface area contributed by atoms with E-state index in [1.54, 1.807) is 30.8 Å². The number of benzene rings is 2. The normalized spacial score (nSPS) is 10.5. The second-order valence-electron chi connectivity index (χ2n) is 7.92. The molecule has 2 heterocycles. The number of carbonyl (C=O) groups excluding carboxylic acids is 2. The van der Waals surface area contributed by atoms with E-state index in [0.29, 0.717) is 22.6 Å². The molecule has 8 heteroatoms. The number of esters is 1. The molecule has 0 unspecified atom stereocenters. The first-order chi connectivity index (χ1) is 17.0. The molecular formula is C28H25Br2NO3S2. The van der Waals surface area contributed by atoms with Crippen LogP contribution in [0.2, 0.25) is 0 Å². The minimum atomic E-state index is -0.344. The van der Waals surface area contributed by atoms with Crippen molar-refractivity contribution in [3.8, 4) is 5.69 Å². The van der Waals surface area contributed by atoms with Crippen LogP contribution in [-0.2, 0) is 21.7 Å². The molecule has 0 radical (unpaired) electrons. The Bertz CT molecular complexity index is 1320. The van der Waals surface area contributed by atoms with Gasteiger partial charge in [0.25, 0.3) is 0 Å². The summed E-state index contributed by atoms with van der Waals surface area (Å²) in [7, 11) is 0. The van der Waals surface area contributed by atoms with Crippen LogP contribution in [0.15, 0.2) is 87.8 Å². The topological polar surface area (TPSA) is 47.3 Å². The van der Waals surface area contributed by atoms with Crippen LogP contribution in [0.25, 0.3) is 5.69 Å². The van der Waals surface area contributed by atoms with Gasteiger partial charge in [-0.3, -0.25) is 9.59 Å². The van der Waals surface area contributed by atoms with Crippen LogP contribution in [-0.4, -0.2) is 18.4 Å². The van der Waals surface area contributed by atoms with Gasteiger partial charge in [-0.25, -0.2) is 0 Å². The van der Waals surface area contributed by atoms with Gasteiger partial charge in [-0.2, -0.15) is 4.57 Å². The van der Waals surface area contributed by atoms with Crippen LogP contribution in [0.5, 0.6) is 0 Å². The summed E-state index contributed by atoms with van der Waals surface area (Å²) in [4.78, 5) is 26.9. The molecule has 0 saturated carbocycles.